The van der Waals surface area contributed by atoms with Gasteiger partial charge in [0.2, 0.25) is 5.91 Å². The van der Waals surface area contributed by atoms with Gasteiger partial charge in [-0.1, -0.05) is 6.92 Å². The largest absolute Gasteiger partial charge is 0.381 e. The van der Waals surface area contributed by atoms with Crippen LogP contribution in [-0.4, -0.2) is 49.2 Å². The van der Waals surface area contributed by atoms with E-state index in [9.17, 15) is 4.79 Å². The molecule has 2 unspecified atom stereocenters. The van der Waals surface area contributed by atoms with Gasteiger partial charge in [0.1, 0.15) is 0 Å². The molecule has 2 fully saturated rings. The Morgan fingerprint density at radius 3 is 2.88 bits per heavy atom. The highest BCUT2D eigenvalue weighted by Crippen LogP contribution is 2.27. The molecule has 2 heterocycles. The number of carbonyl (C=O) groups is 1. The molecule has 2 atom stereocenters. The predicted octanol–water partition coefficient (Wildman–Crippen LogP) is 0.869. The lowest BCUT2D eigenvalue weighted by molar-refractivity contribution is -0.148. The first-order valence-corrected chi connectivity index (χ1v) is 6.62. The third kappa shape index (κ3) is 2.63. The van der Waals surface area contributed by atoms with Crippen molar-refractivity contribution in [1.29, 1.82) is 0 Å². The first-order valence-electron chi connectivity index (χ1n) is 6.62. The van der Waals surface area contributed by atoms with Crippen LogP contribution in [0.1, 0.15) is 27.2 Å². The van der Waals surface area contributed by atoms with Gasteiger partial charge in [0.15, 0.2) is 0 Å². The summed E-state index contributed by atoms with van der Waals surface area (Å²) in [6, 6.07) is 0. The minimum atomic E-state index is -0.0621. The van der Waals surface area contributed by atoms with Crippen molar-refractivity contribution < 1.29 is 9.53 Å². The molecule has 98 valence electrons. The average molecular weight is 240 g/mol. The molecule has 0 bridgehead atoms. The summed E-state index contributed by atoms with van der Waals surface area (Å²) in [5.41, 5.74) is -0.0621. The molecule has 0 saturated carbocycles. The van der Waals surface area contributed by atoms with Crippen LogP contribution in [0.4, 0.5) is 0 Å². The number of nitrogens with zero attached hydrogens (tertiary/aromatic N) is 1. The summed E-state index contributed by atoms with van der Waals surface area (Å²) in [5, 5.41) is 3.36. The third-order valence-corrected chi connectivity index (χ3v) is 4.02. The molecule has 2 aliphatic rings. The fourth-order valence-corrected chi connectivity index (χ4v) is 2.84. The first kappa shape index (κ1) is 12.8. The lowest BCUT2D eigenvalue weighted by atomic mass is 9.86. The van der Waals surface area contributed by atoms with Gasteiger partial charge in [0.05, 0.1) is 0 Å². The number of ether oxygens (including phenoxy) is 1. The van der Waals surface area contributed by atoms with E-state index in [1.807, 2.05) is 0 Å². The number of amides is 1. The van der Waals surface area contributed by atoms with Gasteiger partial charge in [-0.3, -0.25) is 4.79 Å². The predicted molar refractivity (Wildman–Crippen MR) is 66.8 cm³/mol. The fraction of sp³-hybridized carbons (Fsp3) is 0.923. The molecule has 4 heteroatoms. The van der Waals surface area contributed by atoms with Crippen LogP contribution in [0, 0.1) is 11.8 Å². The van der Waals surface area contributed by atoms with Crippen LogP contribution in [0.3, 0.4) is 0 Å². The van der Waals surface area contributed by atoms with Crippen LogP contribution in [0.2, 0.25) is 0 Å². The van der Waals surface area contributed by atoms with E-state index in [1.165, 1.54) is 0 Å². The molecule has 0 aromatic carbocycles. The van der Waals surface area contributed by atoms with Crippen molar-refractivity contribution in [2.24, 2.45) is 11.8 Å². The number of hydrogen-bond acceptors (Lipinski definition) is 3. The highest BCUT2D eigenvalue weighted by atomic mass is 16.5. The highest BCUT2D eigenvalue weighted by Gasteiger charge is 2.39. The summed E-state index contributed by atoms with van der Waals surface area (Å²) in [6.45, 7) is 10.5. The lowest BCUT2D eigenvalue weighted by Gasteiger charge is -2.45. The molecule has 0 radical (unpaired) electrons. The van der Waals surface area contributed by atoms with E-state index < -0.39 is 0 Å². The molecular formula is C13H24N2O2. The van der Waals surface area contributed by atoms with E-state index in [4.69, 9.17) is 4.74 Å². The molecule has 1 amide bonds. The van der Waals surface area contributed by atoms with Crippen molar-refractivity contribution in [1.82, 2.24) is 10.2 Å². The zero-order chi connectivity index (χ0) is 12.5. The number of piperazine rings is 1. The molecule has 0 aliphatic carbocycles. The standard InChI is InChI=1S/C13H24N2O2/c1-10-8-17-7-4-11(10)12(16)15-6-5-14-9-13(15,2)3/h10-11,14H,4-9H2,1-3H3. The van der Waals surface area contributed by atoms with Crippen molar-refractivity contribution in [3.05, 3.63) is 0 Å². The minimum Gasteiger partial charge on any atom is -0.381 e. The molecule has 4 nitrogen and oxygen atoms in total. The minimum absolute atomic E-state index is 0.0621. The fourth-order valence-electron chi connectivity index (χ4n) is 2.84. The summed E-state index contributed by atoms with van der Waals surface area (Å²) >= 11 is 0. The summed E-state index contributed by atoms with van der Waals surface area (Å²) in [6.07, 6.45) is 0.875. The Morgan fingerprint density at radius 2 is 2.24 bits per heavy atom. The average Bonchev–Trinajstić information content (AvgIpc) is 2.28. The molecule has 2 saturated heterocycles. The topological polar surface area (TPSA) is 41.6 Å². The molecule has 17 heavy (non-hydrogen) atoms. The Bertz CT molecular complexity index is 291. The maximum Gasteiger partial charge on any atom is 0.226 e. The highest BCUT2D eigenvalue weighted by molar-refractivity contribution is 5.80. The van der Waals surface area contributed by atoms with Crippen molar-refractivity contribution in [3.63, 3.8) is 0 Å². The molecule has 2 rings (SSSR count). The Kier molecular flexibility index (Phi) is 3.73. The smallest absolute Gasteiger partial charge is 0.226 e. The van der Waals surface area contributed by atoms with Crippen LogP contribution in [0.15, 0.2) is 0 Å². The number of carbonyl (C=O) groups excluding carboxylic acids is 1. The van der Waals surface area contributed by atoms with Gasteiger partial charge < -0.3 is 15.0 Å². The van der Waals surface area contributed by atoms with Gasteiger partial charge >= 0.3 is 0 Å². The van der Waals surface area contributed by atoms with Crippen LogP contribution in [0.25, 0.3) is 0 Å². The van der Waals surface area contributed by atoms with E-state index in [0.717, 1.165) is 39.3 Å². The Balaban J connectivity index is 2.07. The Morgan fingerprint density at radius 1 is 1.47 bits per heavy atom. The number of hydrogen-bond donors (Lipinski definition) is 1. The Labute approximate surface area is 104 Å². The van der Waals surface area contributed by atoms with Gasteiger partial charge in [-0.05, 0) is 26.2 Å². The maximum absolute atomic E-state index is 12.6. The van der Waals surface area contributed by atoms with Crippen LogP contribution in [0.5, 0.6) is 0 Å². The second-order valence-electron chi connectivity index (χ2n) is 5.93. The summed E-state index contributed by atoms with van der Waals surface area (Å²) in [5.74, 6) is 0.829. The van der Waals surface area contributed by atoms with Gasteiger partial charge in [-0.2, -0.15) is 0 Å². The van der Waals surface area contributed by atoms with Crippen LogP contribution >= 0.6 is 0 Å². The second-order valence-corrected chi connectivity index (χ2v) is 5.93. The lowest BCUT2D eigenvalue weighted by Crippen LogP contribution is -2.61. The zero-order valence-corrected chi connectivity index (χ0v) is 11.2. The molecule has 0 spiro atoms. The van der Waals surface area contributed by atoms with Crippen molar-refractivity contribution in [3.8, 4) is 0 Å². The van der Waals surface area contributed by atoms with E-state index in [1.54, 1.807) is 0 Å². The Hall–Kier alpha value is -0.610. The number of rotatable bonds is 1. The van der Waals surface area contributed by atoms with E-state index >= 15 is 0 Å². The zero-order valence-electron chi connectivity index (χ0n) is 11.2. The van der Waals surface area contributed by atoms with Gasteiger partial charge in [0, 0.05) is 44.3 Å². The maximum atomic E-state index is 12.6. The van der Waals surface area contributed by atoms with E-state index in [2.05, 4.69) is 31.0 Å². The summed E-state index contributed by atoms with van der Waals surface area (Å²) in [7, 11) is 0. The molecule has 2 aliphatic heterocycles. The quantitative estimate of drug-likeness (QED) is 0.739. The van der Waals surface area contributed by atoms with Crippen LogP contribution in [-0.2, 0) is 9.53 Å². The molecule has 1 N–H and O–H groups in total. The molecule has 0 aromatic rings. The SMILES string of the molecule is CC1COCCC1C(=O)N1CCNCC1(C)C. The number of nitrogens with one attached hydrogen (secondary N) is 1. The van der Waals surface area contributed by atoms with E-state index in [0.29, 0.717) is 11.8 Å². The van der Waals surface area contributed by atoms with Gasteiger partial charge in [-0.15, -0.1) is 0 Å². The third-order valence-electron chi connectivity index (χ3n) is 4.02. The summed E-state index contributed by atoms with van der Waals surface area (Å²) in [4.78, 5) is 14.7. The van der Waals surface area contributed by atoms with Crippen molar-refractivity contribution in [2.75, 3.05) is 32.8 Å². The van der Waals surface area contributed by atoms with Gasteiger partial charge in [-0.25, -0.2) is 0 Å². The van der Waals surface area contributed by atoms with Crippen molar-refractivity contribution in [2.45, 2.75) is 32.7 Å². The first-order chi connectivity index (χ1) is 8.02. The molecule has 0 aromatic heterocycles. The van der Waals surface area contributed by atoms with E-state index in [-0.39, 0.29) is 11.5 Å². The summed E-state index contributed by atoms with van der Waals surface area (Å²) < 4.78 is 5.42. The van der Waals surface area contributed by atoms with Gasteiger partial charge in [0.25, 0.3) is 0 Å². The normalized spacial score (nSPS) is 33.5. The van der Waals surface area contributed by atoms with Crippen LogP contribution < -0.4 is 5.32 Å². The second kappa shape index (κ2) is 4.94. The molecular weight excluding hydrogens is 216 g/mol. The van der Waals surface area contributed by atoms with Crippen molar-refractivity contribution >= 4 is 5.91 Å². The monoisotopic (exact) mass is 240 g/mol.